The summed E-state index contributed by atoms with van der Waals surface area (Å²) in [4.78, 5) is 14.1. The van der Waals surface area contributed by atoms with E-state index in [4.69, 9.17) is 0 Å². The minimum atomic E-state index is 0.453. The fourth-order valence-electron chi connectivity index (χ4n) is 0.507. The SMILES string of the molecule is O=Cc1csc(C#CCBr)n1. The maximum absolute atomic E-state index is 10.2. The fraction of sp³-hybridized carbons (Fsp3) is 0.143. The molecular formula is C7H4BrNOS. The Morgan fingerprint density at radius 3 is 3.18 bits per heavy atom. The van der Waals surface area contributed by atoms with E-state index >= 15 is 0 Å². The highest BCUT2D eigenvalue weighted by molar-refractivity contribution is 9.09. The van der Waals surface area contributed by atoms with E-state index < -0.39 is 0 Å². The third kappa shape index (κ3) is 2.45. The zero-order valence-corrected chi connectivity index (χ0v) is 7.91. The van der Waals surface area contributed by atoms with Crippen LogP contribution in [0, 0.1) is 11.8 Å². The molecule has 0 amide bonds. The molecule has 1 heterocycles. The highest BCUT2D eigenvalue weighted by Gasteiger charge is 1.95. The van der Waals surface area contributed by atoms with Gasteiger partial charge in [-0.25, -0.2) is 4.98 Å². The Morgan fingerprint density at radius 1 is 1.82 bits per heavy atom. The number of hydrogen-bond acceptors (Lipinski definition) is 3. The third-order valence-electron chi connectivity index (χ3n) is 0.905. The zero-order valence-electron chi connectivity index (χ0n) is 5.50. The lowest BCUT2D eigenvalue weighted by atomic mass is 10.5. The number of carbonyl (C=O) groups excluding carboxylic acids is 1. The minimum Gasteiger partial charge on any atom is -0.296 e. The number of hydrogen-bond donors (Lipinski definition) is 0. The number of carbonyl (C=O) groups is 1. The number of aldehydes is 1. The van der Waals surface area contributed by atoms with Crippen LogP contribution >= 0.6 is 27.3 Å². The first-order valence-corrected chi connectivity index (χ1v) is 4.82. The monoisotopic (exact) mass is 229 g/mol. The molecule has 0 N–H and O–H groups in total. The van der Waals surface area contributed by atoms with Gasteiger partial charge in [-0.15, -0.1) is 11.3 Å². The van der Waals surface area contributed by atoms with Crippen molar-refractivity contribution in [1.29, 1.82) is 0 Å². The molecule has 4 heteroatoms. The maximum atomic E-state index is 10.2. The first kappa shape index (κ1) is 8.44. The Labute approximate surface area is 76.8 Å². The first-order chi connectivity index (χ1) is 5.36. The molecule has 0 aromatic carbocycles. The molecule has 0 aliphatic rings. The summed E-state index contributed by atoms with van der Waals surface area (Å²) in [5, 5.41) is 3.00. The molecule has 1 aromatic heterocycles. The summed E-state index contributed by atoms with van der Waals surface area (Å²) in [7, 11) is 0. The van der Waals surface area contributed by atoms with Crippen molar-refractivity contribution in [2.45, 2.75) is 0 Å². The predicted octanol–water partition coefficient (Wildman–Crippen LogP) is 1.70. The van der Waals surface area contributed by atoms with Crippen molar-refractivity contribution in [3.8, 4) is 11.8 Å². The molecule has 0 aliphatic heterocycles. The van der Waals surface area contributed by atoms with Crippen LogP contribution in [0.1, 0.15) is 15.5 Å². The molecule has 0 spiro atoms. The van der Waals surface area contributed by atoms with Gasteiger partial charge in [0, 0.05) is 5.38 Å². The Morgan fingerprint density at radius 2 is 2.64 bits per heavy atom. The molecule has 0 saturated carbocycles. The van der Waals surface area contributed by atoms with E-state index in [2.05, 4.69) is 32.8 Å². The van der Waals surface area contributed by atoms with E-state index in [0.717, 1.165) is 6.29 Å². The number of aromatic nitrogens is 1. The molecule has 0 bridgehead atoms. The number of nitrogens with zero attached hydrogens (tertiary/aromatic N) is 1. The minimum absolute atomic E-state index is 0.453. The highest BCUT2D eigenvalue weighted by atomic mass is 79.9. The van der Waals surface area contributed by atoms with Crippen molar-refractivity contribution in [2.75, 3.05) is 5.33 Å². The molecule has 2 nitrogen and oxygen atoms in total. The van der Waals surface area contributed by atoms with E-state index in [1.54, 1.807) is 5.38 Å². The van der Waals surface area contributed by atoms with Crippen LogP contribution in [0.4, 0.5) is 0 Å². The van der Waals surface area contributed by atoms with Crippen LogP contribution in [0.25, 0.3) is 0 Å². The van der Waals surface area contributed by atoms with Crippen LogP contribution in [0.2, 0.25) is 0 Å². The third-order valence-corrected chi connectivity index (χ3v) is 1.96. The predicted molar refractivity (Wildman–Crippen MR) is 48.2 cm³/mol. The van der Waals surface area contributed by atoms with E-state index in [9.17, 15) is 4.79 Å². The summed E-state index contributed by atoms with van der Waals surface area (Å²) in [5.74, 6) is 5.60. The van der Waals surface area contributed by atoms with Crippen molar-refractivity contribution in [3.63, 3.8) is 0 Å². The molecule has 0 radical (unpaired) electrons. The lowest BCUT2D eigenvalue weighted by molar-refractivity contribution is 0.111. The van der Waals surface area contributed by atoms with Crippen LogP contribution in [-0.2, 0) is 0 Å². The molecular weight excluding hydrogens is 226 g/mol. The number of halogens is 1. The van der Waals surface area contributed by atoms with Gasteiger partial charge in [-0.1, -0.05) is 21.9 Å². The molecule has 0 atom stereocenters. The quantitative estimate of drug-likeness (QED) is 0.417. The number of rotatable bonds is 1. The molecule has 11 heavy (non-hydrogen) atoms. The number of alkyl halides is 1. The van der Waals surface area contributed by atoms with E-state index in [-0.39, 0.29) is 0 Å². The number of thiazole rings is 1. The van der Waals surface area contributed by atoms with Crippen LogP contribution in [0.3, 0.4) is 0 Å². The van der Waals surface area contributed by atoms with Crippen molar-refractivity contribution in [1.82, 2.24) is 4.98 Å². The van der Waals surface area contributed by atoms with Gasteiger partial charge in [0.2, 0.25) is 0 Å². The van der Waals surface area contributed by atoms with Gasteiger partial charge in [0.1, 0.15) is 5.69 Å². The molecule has 0 unspecified atom stereocenters. The maximum Gasteiger partial charge on any atom is 0.169 e. The van der Waals surface area contributed by atoms with E-state index in [1.807, 2.05) is 0 Å². The Balaban J connectivity index is 2.80. The van der Waals surface area contributed by atoms with Gasteiger partial charge >= 0.3 is 0 Å². The largest absolute Gasteiger partial charge is 0.296 e. The van der Waals surface area contributed by atoms with Gasteiger partial charge < -0.3 is 0 Å². The fourth-order valence-corrected chi connectivity index (χ4v) is 1.28. The van der Waals surface area contributed by atoms with Gasteiger partial charge in [-0.3, -0.25) is 4.79 Å². The normalized spacial score (nSPS) is 8.45. The first-order valence-electron chi connectivity index (χ1n) is 2.82. The van der Waals surface area contributed by atoms with Gasteiger partial charge in [-0.05, 0) is 5.92 Å². The van der Waals surface area contributed by atoms with Crippen molar-refractivity contribution >= 4 is 33.6 Å². The summed E-state index contributed by atoms with van der Waals surface area (Å²) >= 11 is 4.54. The van der Waals surface area contributed by atoms with E-state index in [1.165, 1.54) is 11.3 Å². The molecule has 0 aliphatic carbocycles. The zero-order chi connectivity index (χ0) is 8.10. The Kier molecular flexibility index (Phi) is 3.27. The van der Waals surface area contributed by atoms with Crippen molar-refractivity contribution in [3.05, 3.63) is 16.1 Å². The van der Waals surface area contributed by atoms with Crippen LogP contribution in [0.15, 0.2) is 5.38 Å². The van der Waals surface area contributed by atoms with Gasteiger partial charge in [0.15, 0.2) is 11.3 Å². The second kappa shape index (κ2) is 4.27. The van der Waals surface area contributed by atoms with Crippen molar-refractivity contribution < 1.29 is 4.79 Å². The molecule has 0 saturated heterocycles. The average molecular weight is 230 g/mol. The highest BCUT2D eigenvalue weighted by Crippen LogP contribution is 2.05. The average Bonchev–Trinajstić information content (AvgIpc) is 2.48. The summed E-state index contributed by atoms with van der Waals surface area (Å²) in [6.45, 7) is 0. The second-order valence-corrected chi connectivity index (χ2v) is 3.05. The van der Waals surface area contributed by atoms with Crippen molar-refractivity contribution in [2.24, 2.45) is 0 Å². The van der Waals surface area contributed by atoms with Gasteiger partial charge in [0.05, 0.1) is 5.33 Å². The second-order valence-electron chi connectivity index (χ2n) is 1.63. The van der Waals surface area contributed by atoms with Crippen LogP contribution in [0.5, 0.6) is 0 Å². The lowest BCUT2D eigenvalue weighted by Gasteiger charge is -1.73. The molecule has 1 aromatic rings. The van der Waals surface area contributed by atoms with Crippen LogP contribution in [-0.4, -0.2) is 16.6 Å². The van der Waals surface area contributed by atoms with Crippen LogP contribution < -0.4 is 0 Å². The molecule has 0 fully saturated rings. The summed E-state index contributed by atoms with van der Waals surface area (Å²) < 4.78 is 0. The molecule has 1 rings (SSSR count). The van der Waals surface area contributed by atoms with Gasteiger partial charge in [-0.2, -0.15) is 0 Å². The van der Waals surface area contributed by atoms with E-state index in [0.29, 0.717) is 16.0 Å². The smallest absolute Gasteiger partial charge is 0.169 e. The lowest BCUT2D eigenvalue weighted by Crippen LogP contribution is -1.78. The standard InChI is InChI=1S/C7H4BrNOS/c8-3-1-2-7-9-6(4-10)5-11-7/h4-5H,3H2. The van der Waals surface area contributed by atoms with Gasteiger partial charge in [0.25, 0.3) is 0 Å². The Hall–Kier alpha value is -0.660. The molecule has 56 valence electrons. The summed E-state index contributed by atoms with van der Waals surface area (Å²) in [6.07, 6.45) is 0.718. The Bertz CT molecular complexity index is 310. The topological polar surface area (TPSA) is 30.0 Å². The summed E-state index contributed by atoms with van der Waals surface area (Å²) in [5.41, 5.74) is 0.453. The summed E-state index contributed by atoms with van der Waals surface area (Å²) in [6, 6.07) is 0.